The third-order valence-electron chi connectivity index (χ3n) is 7.33. The first-order valence-electron chi connectivity index (χ1n) is 13.2. The average Bonchev–Trinajstić information content (AvgIpc) is 3.58. The van der Waals surface area contributed by atoms with Gasteiger partial charge in [0, 0.05) is 43.6 Å². The lowest BCUT2D eigenvalue weighted by atomic mass is 9.94. The van der Waals surface area contributed by atoms with Gasteiger partial charge in [-0.1, -0.05) is 18.2 Å². The standard InChI is InChI=1S/C30H29F2N5O3/c1-17(38)3-10-28(39)22-5-6-23-21(18(22)2)7-9-26(23)33-16-20-14-27(36-29-11-12-35-37(20)29)30(40)34-15-19-4-8-24(31)25(32)13-19/h4-6,8,11-14,26,33H,3,7,9-10,15-16H2,1-2H3,(H,34,40)/t26-/m0/s1. The van der Waals surface area contributed by atoms with Gasteiger partial charge in [-0.3, -0.25) is 9.59 Å². The zero-order valence-corrected chi connectivity index (χ0v) is 22.3. The van der Waals surface area contributed by atoms with Crippen LogP contribution in [-0.2, 0) is 24.3 Å². The minimum atomic E-state index is -0.974. The van der Waals surface area contributed by atoms with E-state index in [0.29, 0.717) is 23.3 Å². The summed E-state index contributed by atoms with van der Waals surface area (Å²) >= 11 is 0. The van der Waals surface area contributed by atoms with Crippen molar-refractivity contribution in [3.8, 4) is 0 Å². The van der Waals surface area contributed by atoms with Gasteiger partial charge in [-0.25, -0.2) is 18.3 Å². The quantitative estimate of drug-likeness (QED) is 0.283. The number of aromatic nitrogens is 3. The fourth-order valence-electron chi connectivity index (χ4n) is 5.19. The molecule has 2 N–H and O–H groups in total. The Balaban J connectivity index is 1.29. The third-order valence-corrected chi connectivity index (χ3v) is 7.33. The van der Waals surface area contributed by atoms with Crippen LogP contribution in [0.5, 0.6) is 0 Å². The van der Waals surface area contributed by atoms with Crippen molar-refractivity contribution < 1.29 is 23.2 Å². The molecule has 1 atom stereocenters. The van der Waals surface area contributed by atoms with Gasteiger partial charge in [0.25, 0.3) is 5.91 Å². The lowest BCUT2D eigenvalue weighted by Gasteiger charge is -2.17. The van der Waals surface area contributed by atoms with E-state index in [1.807, 2.05) is 19.1 Å². The molecule has 0 bridgehead atoms. The van der Waals surface area contributed by atoms with Crippen LogP contribution in [0, 0.1) is 18.6 Å². The van der Waals surface area contributed by atoms with E-state index < -0.39 is 17.5 Å². The fraction of sp³-hybridized carbons (Fsp3) is 0.300. The molecule has 0 saturated heterocycles. The molecule has 2 aromatic carbocycles. The average molecular weight is 546 g/mol. The molecular formula is C30H29F2N5O3. The second-order valence-corrected chi connectivity index (χ2v) is 10.1. The Morgan fingerprint density at radius 3 is 2.62 bits per heavy atom. The molecule has 1 aliphatic rings. The van der Waals surface area contributed by atoms with Crippen LogP contribution in [0.15, 0.2) is 48.7 Å². The Kier molecular flexibility index (Phi) is 7.79. The van der Waals surface area contributed by atoms with Gasteiger partial charge in [0.1, 0.15) is 11.5 Å². The largest absolute Gasteiger partial charge is 0.347 e. The molecule has 0 radical (unpaired) electrons. The number of fused-ring (bicyclic) bond motifs is 2. The first kappa shape index (κ1) is 27.3. The smallest absolute Gasteiger partial charge is 0.270 e. The van der Waals surface area contributed by atoms with Gasteiger partial charge in [-0.15, -0.1) is 0 Å². The molecule has 10 heteroatoms. The maximum atomic E-state index is 13.5. The van der Waals surface area contributed by atoms with E-state index in [1.54, 1.807) is 22.8 Å². The number of halogens is 2. The van der Waals surface area contributed by atoms with E-state index in [1.165, 1.54) is 13.0 Å². The summed E-state index contributed by atoms with van der Waals surface area (Å²) in [4.78, 5) is 41.2. The van der Waals surface area contributed by atoms with Crippen LogP contribution < -0.4 is 10.6 Å². The lowest BCUT2D eigenvalue weighted by Crippen LogP contribution is -2.26. The molecule has 1 aliphatic carbocycles. The van der Waals surface area contributed by atoms with Crippen molar-refractivity contribution in [2.75, 3.05) is 0 Å². The van der Waals surface area contributed by atoms with E-state index in [-0.39, 0.29) is 42.7 Å². The van der Waals surface area contributed by atoms with Crippen molar-refractivity contribution in [1.29, 1.82) is 0 Å². The van der Waals surface area contributed by atoms with E-state index in [4.69, 9.17) is 0 Å². The number of Topliss-reactive ketones (excluding diaryl/α,β-unsaturated/α-hetero) is 2. The van der Waals surface area contributed by atoms with Gasteiger partial charge in [0.15, 0.2) is 23.1 Å². The van der Waals surface area contributed by atoms with E-state index >= 15 is 0 Å². The zero-order chi connectivity index (χ0) is 28.4. The number of rotatable bonds is 10. The number of hydrogen-bond acceptors (Lipinski definition) is 6. The van der Waals surface area contributed by atoms with Crippen molar-refractivity contribution in [2.45, 2.75) is 58.7 Å². The number of ketones is 2. The molecule has 0 unspecified atom stereocenters. The highest BCUT2D eigenvalue weighted by Crippen LogP contribution is 2.35. The molecule has 0 fully saturated rings. The van der Waals surface area contributed by atoms with Crippen LogP contribution >= 0.6 is 0 Å². The molecule has 5 rings (SSSR count). The maximum absolute atomic E-state index is 13.5. The van der Waals surface area contributed by atoms with E-state index in [9.17, 15) is 23.2 Å². The number of hydrogen-bond donors (Lipinski definition) is 2. The van der Waals surface area contributed by atoms with Gasteiger partial charge in [-0.05, 0) is 67.1 Å². The van der Waals surface area contributed by atoms with Gasteiger partial charge in [0.05, 0.1) is 11.9 Å². The summed E-state index contributed by atoms with van der Waals surface area (Å²) < 4.78 is 28.4. The molecule has 2 aromatic heterocycles. The Bertz CT molecular complexity index is 1630. The topological polar surface area (TPSA) is 105 Å². The highest BCUT2D eigenvalue weighted by atomic mass is 19.2. The van der Waals surface area contributed by atoms with Crippen LogP contribution in [0.4, 0.5) is 8.78 Å². The molecule has 1 amide bonds. The normalized spacial score (nSPS) is 14.3. The predicted octanol–water partition coefficient (Wildman–Crippen LogP) is 4.57. The lowest BCUT2D eigenvalue weighted by molar-refractivity contribution is -0.117. The number of benzene rings is 2. The molecule has 4 aromatic rings. The predicted molar refractivity (Wildman–Crippen MR) is 144 cm³/mol. The van der Waals surface area contributed by atoms with Crippen molar-refractivity contribution >= 4 is 23.1 Å². The van der Waals surface area contributed by atoms with Crippen LogP contribution in [0.1, 0.15) is 81.0 Å². The van der Waals surface area contributed by atoms with Crippen LogP contribution in [0.25, 0.3) is 5.65 Å². The summed E-state index contributed by atoms with van der Waals surface area (Å²) in [6.07, 6.45) is 3.76. The first-order chi connectivity index (χ1) is 19.2. The fourth-order valence-corrected chi connectivity index (χ4v) is 5.19. The molecule has 0 aliphatic heterocycles. The maximum Gasteiger partial charge on any atom is 0.270 e. The van der Waals surface area contributed by atoms with E-state index in [2.05, 4.69) is 20.7 Å². The first-order valence-corrected chi connectivity index (χ1v) is 13.2. The highest BCUT2D eigenvalue weighted by molar-refractivity contribution is 5.99. The molecule has 206 valence electrons. The Morgan fingerprint density at radius 2 is 1.85 bits per heavy atom. The summed E-state index contributed by atoms with van der Waals surface area (Å²) in [5.41, 5.74) is 5.78. The van der Waals surface area contributed by atoms with Crippen molar-refractivity contribution in [3.63, 3.8) is 0 Å². The summed E-state index contributed by atoms with van der Waals surface area (Å²) in [6, 6.07) is 10.7. The molecular weight excluding hydrogens is 516 g/mol. The molecule has 2 heterocycles. The number of nitrogens with one attached hydrogen (secondary N) is 2. The van der Waals surface area contributed by atoms with Crippen LogP contribution in [0.2, 0.25) is 0 Å². The number of nitrogens with zero attached hydrogens (tertiary/aromatic N) is 3. The molecule has 0 saturated carbocycles. The zero-order valence-electron chi connectivity index (χ0n) is 22.3. The Hall–Kier alpha value is -4.31. The van der Waals surface area contributed by atoms with E-state index in [0.717, 1.165) is 47.4 Å². The minimum absolute atomic E-state index is 0.00253. The van der Waals surface area contributed by atoms with Crippen LogP contribution in [0.3, 0.4) is 0 Å². The Labute approximate surface area is 229 Å². The van der Waals surface area contributed by atoms with Crippen molar-refractivity contribution in [2.24, 2.45) is 0 Å². The monoisotopic (exact) mass is 545 g/mol. The summed E-state index contributed by atoms with van der Waals surface area (Å²) in [5.74, 6) is -2.38. The SMILES string of the molecule is CC(=O)CCC(=O)c1ccc2c(c1C)CC[C@@H]2NCc1cc(C(=O)NCc2ccc(F)c(F)c2)nc2ccnn12. The molecule has 40 heavy (non-hydrogen) atoms. The number of carbonyl (C=O) groups is 3. The Morgan fingerprint density at radius 1 is 1.02 bits per heavy atom. The van der Waals surface area contributed by atoms with Gasteiger partial charge < -0.3 is 15.4 Å². The number of carbonyl (C=O) groups excluding carboxylic acids is 3. The second-order valence-electron chi connectivity index (χ2n) is 10.1. The third kappa shape index (κ3) is 5.67. The molecule has 8 nitrogen and oxygen atoms in total. The minimum Gasteiger partial charge on any atom is -0.347 e. The van der Waals surface area contributed by atoms with Gasteiger partial charge in [0.2, 0.25) is 0 Å². The summed E-state index contributed by atoms with van der Waals surface area (Å²) in [6.45, 7) is 3.88. The van der Waals surface area contributed by atoms with Crippen molar-refractivity contribution in [3.05, 3.63) is 99.5 Å². The molecule has 0 spiro atoms. The summed E-state index contributed by atoms with van der Waals surface area (Å²) in [5, 5.41) is 10.6. The summed E-state index contributed by atoms with van der Waals surface area (Å²) in [7, 11) is 0. The second kappa shape index (κ2) is 11.4. The van der Waals surface area contributed by atoms with Crippen molar-refractivity contribution in [1.82, 2.24) is 25.2 Å². The van der Waals surface area contributed by atoms with Gasteiger partial charge in [-0.2, -0.15) is 5.10 Å². The van der Waals surface area contributed by atoms with Crippen LogP contribution in [-0.4, -0.2) is 32.1 Å². The highest BCUT2D eigenvalue weighted by Gasteiger charge is 2.26. The van der Waals surface area contributed by atoms with Gasteiger partial charge >= 0.3 is 0 Å². The number of amides is 1.